The van der Waals surface area contributed by atoms with E-state index < -0.39 is 12.0 Å². The van der Waals surface area contributed by atoms with Gasteiger partial charge in [-0.25, -0.2) is 9.79 Å². The van der Waals surface area contributed by atoms with Crippen LogP contribution in [0.3, 0.4) is 0 Å². The molecule has 0 aliphatic carbocycles. The number of hydrogen-bond donors (Lipinski definition) is 0. The minimum atomic E-state index is -0.437. The average Bonchev–Trinajstić information content (AvgIpc) is 3.25. The molecule has 0 bridgehead atoms. The summed E-state index contributed by atoms with van der Waals surface area (Å²) in [7, 11) is 0. The highest BCUT2D eigenvalue weighted by atomic mass is 32.2. The Morgan fingerprint density at radius 1 is 1.14 bits per heavy atom. The highest BCUT2D eigenvalue weighted by Crippen LogP contribution is 2.45. The molecule has 3 aliphatic rings. The number of aliphatic imine (C=N–C) groups is 1. The van der Waals surface area contributed by atoms with Gasteiger partial charge in [-0.05, 0) is 51.5 Å². The van der Waals surface area contributed by atoms with Crippen molar-refractivity contribution in [2.75, 3.05) is 19.7 Å². The number of allylic oxidation sites excluding steroid dienone is 1. The first-order chi connectivity index (χ1) is 17.3. The summed E-state index contributed by atoms with van der Waals surface area (Å²) in [5.74, 6) is -0.735. The van der Waals surface area contributed by atoms with Gasteiger partial charge in [-0.1, -0.05) is 42.1 Å². The first-order valence-corrected chi connectivity index (χ1v) is 13.3. The maximum atomic E-state index is 13.3. The normalized spacial score (nSPS) is 20.2. The third-order valence-corrected chi connectivity index (χ3v) is 7.37. The molecule has 1 amide bonds. The fourth-order valence-corrected chi connectivity index (χ4v) is 5.71. The van der Waals surface area contributed by atoms with E-state index in [0.717, 1.165) is 16.4 Å². The van der Waals surface area contributed by atoms with Crippen LogP contribution in [0, 0.1) is 5.92 Å². The smallest absolute Gasteiger partial charge is 0.338 e. The molecule has 0 saturated carbocycles. The second-order valence-electron chi connectivity index (χ2n) is 9.34. The fraction of sp³-hybridized carbons (Fsp3) is 0.481. The van der Waals surface area contributed by atoms with E-state index in [1.54, 1.807) is 6.92 Å². The zero-order valence-electron chi connectivity index (χ0n) is 21.2. The van der Waals surface area contributed by atoms with Crippen LogP contribution in [0.2, 0.25) is 0 Å². The Hall–Kier alpha value is -3.07. The molecule has 0 radical (unpaired) electrons. The van der Waals surface area contributed by atoms with Gasteiger partial charge in [0.05, 0.1) is 42.4 Å². The van der Waals surface area contributed by atoms with E-state index in [0.29, 0.717) is 43.8 Å². The van der Waals surface area contributed by atoms with E-state index in [1.807, 2.05) is 66.3 Å². The fourth-order valence-electron chi connectivity index (χ4n) is 4.75. The Labute approximate surface area is 216 Å². The number of amides is 1. The number of likely N-dealkylation sites (tertiary alicyclic amines) is 1. The molecule has 4 rings (SSSR count). The molecule has 0 N–H and O–H groups in total. The number of nitrogens with zero attached hydrogens (tertiary/aromatic N) is 3. The number of ether oxygens (including phenoxy) is 2. The van der Waals surface area contributed by atoms with Gasteiger partial charge < -0.3 is 19.3 Å². The van der Waals surface area contributed by atoms with E-state index in [2.05, 4.69) is 0 Å². The van der Waals surface area contributed by atoms with Gasteiger partial charge in [0.15, 0.2) is 5.17 Å². The molecular formula is C27H33N3O5S. The molecule has 192 valence electrons. The molecule has 9 heteroatoms. The number of amidine groups is 1. The molecule has 1 saturated heterocycles. The Kier molecular flexibility index (Phi) is 8.18. The number of esters is 2. The molecule has 0 spiro atoms. The number of fused-ring (bicyclic) bond motifs is 1. The standard InChI is InChI=1S/C27H33N3O5S/c1-5-34-25(32)20-11-13-29(14-12-20)22(31)15-21-16-36-27-28-18(4)23(26(33)35-17(2)3)24(30(21)27)19-9-7-6-8-10-19/h6-10,16-17,20,24H,5,11-15H2,1-4H3. The van der Waals surface area contributed by atoms with Crippen LogP contribution in [-0.4, -0.2) is 58.6 Å². The molecule has 3 heterocycles. The summed E-state index contributed by atoms with van der Waals surface area (Å²) in [5, 5.41) is 2.69. The second kappa shape index (κ2) is 11.3. The number of hydrogen-bond acceptors (Lipinski definition) is 8. The van der Waals surface area contributed by atoms with E-state index in [4.69, 9.17) is 14.5 Å². The third-order valence-electron chi connectivity index (χ3n) is 6.48. The minimum absolute atomic E-state index is 0.00481. The van der Waals surface area contributed by atoms with Crippen molar-refractivity contribution in [3.05, 3.63) is 58.3 Å². The van der Waals surface area contributed by atoms with E-state index in [9.17, 15) is 14.4 Å². The van der Waals surface area contributed by atoms with Crippen molar-refractivity contribution >= 4 is 34.8 Å². The molecule has 1 atom stereocenters. The number of thioether (sulfide) groups is 1. The van der Waals surface area contributed by atoms with Crippen LogP contribution in [0.15, 0.2) is 57.7 Å². The molecule has 1 aromatic rings. The number of piperidine rings is 1. The summed E-state index contributed by atoms with van der Waals surface area (Å²) in [6, 6.07) is 9.33. The molecule has 0 aromatic heterocycles. The van der Waals surface area contributed by atoms with Crippen LogP contribution in [0.1, 0.15) is 58.6 Å². The highest BCUT2D eigenvalue weighted by molar-refractivity contribution is 8.16. The molecule has 8 nitrogen and oxygen atoms in total. The third kappa shape index (κ3) is 5.51. The Morgan fingerprint density at radius 2 is 1.83 bits per heavy atom. The van der Waals surface area contributed by atoms with E-state index >= 15 is 0 Å². The Morgan fingerprint density at radius 3 is 2.47 bits per heavy atom. The topological polar surface area (TPSA) is 88.5 Å². The lowest BCUT2D eigenvalue weighted by molar-refractivity contribution is -0.151. The van der Waals surface area contributed by atoms with Crippen molar-refractivity contribution in [1.29, 1.82) is 0 Å². The first-order valence-electron chi connectivity index (χ1n) is 12.4. The van der Waals surface area contributed by atoms with Crippen LogP contribution in [-0.2, 0) is 23.9 Å². The van der Waals surface area contributed by atoms with Gasteiger partial charge in [-0.3, -0.25) is 9.59 Å². The first kappa shape index (κ1) is 26.0. The lowest BCUT2D eigenvalue weighted by Crippen LogP contribution is -2.42. The number of rotatable bonds is 7. The van der Waals surface area contributed by atoms with Gasteiger partial charge in [0.2, 0.25) is 5.91 Å². The summed E-state index contributed by atoms with van der Waals surface area (Å²) in [6.07, 6.45) is 1.13. The number of carbonyl (C=O) groups is 3. The number of benzene rings is 1. The van der Waals surface area contributed by atoms with Crippen molar-refractivity contribution in [3.8, 4) is 0 Å². The van der Waals surface area contributed by atoms with Crippen molar-refractivity contribution in [3.63, 3.8) is 0 Å². The maximum absolute atomic E-state index is 13.3. The van der Waals surface area contributed by atoms with Crippen LogP contribution < -0.4 is 0 Å². The number of carbonyl (C=O) groups excluding carboxylic acids is 3. The maximum Gasteiger partial charge on any atom is 0.338 e. The molecule has 1 unspecified atom stereocenters. The van der Waals surface area contributed by atoms with Gasteiger partial charge in [0, 0.05) is 18.8 Å². The van der Waals surface area contributed by atoms with Crippen LogP contribution in [0.25, 0.3) is 0 Å². The van der Waals surface area contributed by atoms with Gasteiger partial charge in [-0.2, -0.15) is 0 Å². The van der Waals surface area contributed by atoms with E-state index in [1.165, 1.54) is 11.8 Å². The van der Waals surface area contributed by atoms with Gasteiger partial charge in [-0.15, -0.1) is 0 Å². The monoisotopic (exact) mass is 511 g/mol. The van der Waals surface area contributed by atoms with Crippen molar-refractivity contribution in [1.82, 2.24) is 9.80 Å². The zero-order chi connectivity index (χ0) is 25.8. The molecule has 1 aromatic carbocycles. The van der Waals surface area contributed by atoms with Gasteiger partial charge in [0.1, 0.15) is 0 Å². The molecule has 1 fully saturated rings. The highest BCUT2D eigenvalue weighted by Gasteiger charge is 2.41. The van der Waals surface area contributed by atoms with Crippen molar-refractivity contribution < 1.29 is 23.9 Å². The second-order valence-corrected chi connectivity index (χ2v) is 10.2. The molecule has 3 aliphatic heterocycles. The molecule has 36 heavy (non-hydrogen) atoms. The van der Waals surface area contributed by atoms with Crippen LogP contribution in [0.5, 0.6) is 0 Å². The van der Waals surface area contributed by atoms with Crippen LogP contribution in [0.4, 0.5) is 0 Å². The summed E-state index contributed by atoms with van der Waals surface area (Å²) in [4.78, 5) is 47.0. The summed E-state index contributed by atoms with van der Waals surface area (Å²) in [5.41, 5.74) is 2.83. The Balaban J connectivity index is 1.54. The van der Waals surface area contributed by atoms with Crippen molar-refractivity contribution in [2.24, 2.45) is 10.9 Å². The van der Waals surface area contributed by atoms with Gasteiger partial charge >= 0.3 is 11.9 Å². The quantitative estimate of drug-likeness (QED) is 0.501. The van der Waals surface area contributed by atoms with Gasteiger partial charge in [0.25, 0.3) is 0 Å². The summed E-state index contributed by atoms with van der Waals surface area (Å²) in [6.45, 7) is 8.69. The SMILES string of the molecule is CCOC(=O)C1CCN(C(=O)CC2=CSC3=NC(C)=C(C(=O)OC(C)C)C(c4ccccc4)N23)CC1. The minimum Gasteiger partial charge on any atom is -0.466 e. The van der Waals surface area contributed by atoms with Crippen molar-refractivity contribution in [2.45, 2.75) is 59.1 Å². The lowest BCUT2D eigenvalue weighted by Gasteiger charge is -2.37. The Bertz CT molecular complexity index is 1100. The zero-order valence-corrected chi connectivity index (χ0v) is 22.0. The summed E-state index contributed by atoms with van der Waals surface area (Å²) < 4.78 is 10.7. The summed E-state index contributed by atoms with van der Waals surface area (Å²) >= 11 is 1.46. The lowest BCUT2D eigenvalue weighted by atomic mass is 9.93. The van der Waals surface area contributed by atoms with Crippen LogP contribution >= 0.6 is 11.8 Å². The predicted octanol–water partition coefficient (Wildman–Crippen LogP) is 4.40. The average molecular weight is 512 g/mol. The molecular weight excluding hydrogens is 478 g/mol. The predicted molar refractivity (Wildman–Crippen MR) is 139 cm³/mol. The largest absolute Gasteiger partial charge is 0.466 e. The van der Waals surface area contributed by atoms with E-state index in [-0.39, 0.29) is 30.3 Å².